The van der Waals surface area contributed by atoms with Crippen LogP contribution < -0.4 is 5.73 Å². The van der Waals surface area contributed by atoms with Crippen molar-refractivity contribution in [3.05, 3.63) is 47.5 Å². The molecule has 0 aliphatic heterocycles. The van der Waals surface area contributed by atoms with Crippen molar-refractivity contribution in [3.63, 3.8) is 0 Å². The minimum atomic E-state index is 0.586. The summed E-state index contributed by atoms with van der Waals surface area (Å²) in [5.41, 5.74) is 9.38. The monoisotopic (exact) mass is 226 g/mol. The van der Waals surface area contributed by atoms with E-state index < -0.39 is 0 Å². The molecule has 2 rings (SSSR count). The van der Waals surface area contributed by atoms with Crippen LogP contribution in [0.15, 0.2) is 30.7 Å². The second-order valence-electron chi connectivity index (χ2n) is 3.91. The van der Waals surface area contributed by atoms with Crippen molar-refractivity contribution >= 4 is 0 Å². The number of nitrogens with two attached hydrogens (primary N) is 1. The largest absolute Gasteiger partial charge is 0.330 e. The average Bonchev–Trinajstić information content (AvgIpc) is 2.78. The molecule has 0 spiro atoms. The van der Waals surface area contributed by atoms with E-state index >= 15 is 0 Å². The number of aryl methyl sites for hydroxylation is 1. The van der Waals surface area contributed by atoms with Gasteiger partial charge < -0.3 is 10.3 Å². The predicted octanol–water partition coefficient (Wildman–Crippen LogP) is 1.55. The molecule has 86 valence electrons. The molecule has 0 atom stereocenters. The van der Waals surface area contributed by atoms with Crippen LogP contribution in [0, 0.1) is 18.3 Å². The summed E-state index contributed by atoms with van der Waals surface area (Å²) in [5, 5.41) is 8.93. The average molecular weight is 226 g/mol. The molecule has 0 saturated heterocycles. The van der Waals surface area contributed by atoms with Crippen LogP contribution in [0.1, 0.15) is 16.8 Å². The highest BCUT2D eigenvalue weighted by molar-refractivity contribution is 5.47. The number of hydrogen-bond acceptors (Lipinski definition) is 3. The minimum absolute atomic E-state index is 0.586. The van der Waals surface area contributed by atoms with Crippen LogP contribution in [0.5, 0.6) is 0 Å². The lowest BCUT2D eigenvalue weighted by atomic mass is 10.1. The number of aromatic nitrogens is 2. The molecule has 4 heteroatoms. The van der Waals surface area contributed by atoms with Crippen LogP contribution in [-0.4, -0.2) is 16.1 Å². The Morgan fingerprint density at radius 3 is 3.00 bits per heavy atom. The summed E-state index contributed by atoms with van der Waals surface area (Å²) in [6.45, 7) is 2.60. The zero-order valence-electron chi connectivity index (χ0n) is 9.72. The lowest BCUT2D eigenvalue weighted by molar-refractivity contribution is 0.869. The summed E-state index contributed by atoms with van der Waals surface area (Å²) in [5.74, 6) is 0. The third-order valence-electron chi connectivity index (χ3n) is 2.71. The first kappa shape index (κ1) is 11.4. The van der Waals surface area contributed by atoms with Crippen LogP contribution in [0.4, 0.5) is 0 Å². The van der Waals surface area contributed by atoms with Crippen molar-refractivity contribution in [3.8, 4) is 11.8 Å². The first-order valence-electron chi connectivity index (χ1n) is 5.48. The van der Waals surface area contributed by atoms with Gasteiger partial charge in [0.25, 0.3) is 0 Å². The fraction of sp³-hybridized carbons (Fsp3) is 0.231. The van der Waals surface area contributed by atoms with Crippen molar-refractivity contribution in [1.82, 2.24) is 9.55 Å². The molecule has 0 aliphatic carbocycles. The van der Waals surface area contributed by atoms with Gasteiger partial charge in [-0.3, -0.25) is 0 Å². The van der Waals surface area contributed by atoms with Gasteiger partial charge in [-0.25, -0.2) is 4.98 Å². The summed E-state index contributed by atoms with van der Waals surface area (Å²) >= 11 is 0. The summed E-state index contributed by atoms with van der Waals surface area (Å²) in [7, 11) is 0. The zero-order valence-corrected chi connectivity index (χ0v) is 9.72. The molecular formula is C13H14N4. The molecule has 1 aromatic heterocycles. The number of benzene rings is 1. The lowest BCUT2D eigenvalue weighted by Gasteiger charge is -2.10. The summed E-state index contributed by atoms with van der Waals surface area (Å²) in [4.78, 5) is 4.14. The summed E-state index contributed by atoms with van der Waals surface area (Å²) in [6, 6.07) is 7.78. The Kier molecular flexibility index (Phi) is 3.22. The van der Waals surface area contributed by atoms with E-state index in [-0.39, 0.29) is 0 Å². The lowest BCUT2D eigenvalue weighted by Crippen LogP contribution is -2.08. The number of hydrogen-bond donors (Lipinski definition) is 1. The van der Waals surface area contributed by atoms with Crippen molar-refractivity contribution < 1.29 is 0 Å². The Labute approximate surface area is 100 Å². The fourth-order valence-electron chi connectivity index (χ4n) is 1.81. The van der Waals surface area contributed by atoms with Gasteiger partial charge in [0.05, 0.1) is 23.6 Å². The van der Waals surface area contributed by atoms with E-state index in [0.717, 1.165) is 23.4 Å². The van der Waals surface area contributed by atoms with E-state index in [1.165, 1.54) is 0 Å². The first-order chi connectivity index (χ1) is 8.26. The maximum atomic E-state index is 8.93. The van der Waals surface area contributed by atoms with E-state index in [1.54, 1.807) is 6.33 Å². The van der Waals surface area contributed by atoms with E-state index in [9.17, 15) is 0 Å². The highest BCUT2D eigenvalue weighted by Crippen LogP contribution is 2.18. The predicted molar refractivity (Wildman–Crippen MR) is 65.8 cm³/mol. The zero-order chi connectivity index (χ0) is 12.3. The Morgan fingerprint density at radius 1 is 1.47 bits per heavy atom. The SMILES string of the molecule is Cc1ccc(C#N)cc1-n1cncc1CCN. The van der Waals surface area contributed by atoms with E-state index in [4.69, 9.17) is 11.0 Å². The molecule has 1 heterocycles. The molecular weight excluding hydrogens is 212 g/mol. The van der Waals surface area contributed by atoms with Crippen molar-refractivity contribution in [2.45, 2.75) is 13.3 Å². The fourth-order valence-corrected chi connectivity index (χ4v) is 1.81. The Morgan fingerprint density at radius 2 is 2.29 bits per heavy atom. The maximum absolute atomic E-state index is 8.93. The van der Waals surface area contributed by atoms with Gasteiger partial charge >= 0.3 is 0 Å². The highest BCUT2D eigenvalue weighted by atomic mass is 15.1. The second kappa shape index (κ2) is 4.81. The molecule has 0 aliphatic rings. The third-order valence-corrected chi connectivity index (χ3v) is 2.71. The molecule has 4 nitrogen and oxygen atoms in total. The normalized spacial score (nSPS) is 10.2. The maximum Gasteiger partial charge on any atom is 0.0994 e. The molecule has 2 N–H and O–H groups in total. The van der Waals surface area contributed by atoms with Crippen molar-refractivity contribution in [1.29, 1.82) is 5.26 Å². The van der Waals surface area contributed by atoms with E-state index in [2.05, 4.69) is 11.1 Å². The topological polar surface area (TPSA) is 67.6 Å². The Balaban J connectivity index is 2.52. The van der Waals surface area contributed by atoms with Gasteiger partial charge in [0.2, 0.25) is 0 Å². The molecule has 0 amide bonds. The summed E-state index contributed by atoms with van der Waals surface area (Å²) in [6.07, 6.45) is 4.34. The smallest absolute Gasteiger partial charge is 0.0994 e. The van der Waals surface area contributed by atoms with Crippen LogP contribution in [0.2, 0.25) is 0 Å². The standard InChI is InChI=1S/C13H14N4/c1-10-2-3-11(7-15)6-13(10)17-9-16-8-12(17)4-5-14/h2-3,6,8-9H,4-5,14H2,1H3. The van der Waals surface area contributed by atoms with Gasteiger partial charge in [-0.2, -0.15) is 5.26 Å². The van der Waals surface area contributed by atoms with E-state index in [1.807, 2.05) is 35.9 Å². The van der Waals surface area contributed by atoms with Crippen molar-refractivity contribution in [2.75, 3.05) is 6.54 Å². The Hall–Kier alpha value is -2.12. The second-order valence-corrected chi connectivity index (χ2v) is 3.91. The van der Waals surface area contributed by atoms with E-state index in [0.29, 0.717) is 12.1 Å². The quantitative estimate of drug-likeness (QED) is 0.863. The summed E-state index contributed by atoms with van der Waals surface area (Å²) < 4.78 is 1.99. The van der Waals surface area contributed by atoms with Crippen LogP contribution in [-0.2, 0) is 6.42 Å². The number of nitrogens with zero attached hydrogens (tertiary/aromatic N) is 3. The minimum Gasteiger partial charge on any atom is -0.330 e. The van der Waals surface area contributed by atoms with Gasteiger partial charge in [0, 0.05) is 18.3 Å². The van der Waals surface area contributed by atoms with Crippen LogP contribution >= 0.6 is 0 Å². The molecule has 17 heavy (non-hydrogen) atoms. The van der Waals surface area contributed by atoms with Gasteiger partial charge in [-0.1, -0.05) is 6.07 Å². The molecule has 1 aromatic carbocycles. The molecule has 0 unspecified atom stereocenters. The van der Waals surface area contributed by atoms with Gasteiger partial charge in [0.15, 0.2) is 0 Å². The number of rotatable bonds is 3. The van der Waals surface area contributed by atoms with Gasteiger partial charge in [-0.05, 0) is 31.2 Å². The highest BCUT2D eigenvalue weighted by Gasteiger charge is 2.07. The number of nitriles is 1. The molecule has 0 bridgehead atoms. The first-order valence-corrected chi connectivity index (χ1v) is 5.48. The van der Waals surface area contributed by atoms with Gasteiger partial charge in [-0.15, -0.1) is 0 Å². The molecule has 0 fully saturated rings. The van der Waals surface area contributed by atoms with Crippen LogP contribution in [0.25, 0.3) is 5.69 Å². The Bertz CT molecular complexity index is 563. The van der Waals surface area contributed by atoms with Crippen molar-refractivity contribution in [2.24, 2.45) is 5.73 Å². The van der Waals surface area contributed by atoms with Crippen LogP contribution in [0.3, 0.4) is 0 Å². The van der Waals surface area contributed by atoms with Gasteiger partial charge in [0.1, 0.15) is 0 Å². The molecule has 2 aromatic rings. The third kappa shape index (κ3) is 2.19. The molecule has 0 radical (unpaired) electrons. The number of imidazole rings is 1. The molecule has 0 saturated carbocycles.